The molecule has 0 saturated heterocycles. The minimum atomic E-state index is -0.0812. The molecule has 0 radical (unpaired) electrons. The summed E-state index contributed by atoms with van der Waals surface area (Å²) in [6.07, 6.45) is 1.73. The molecule has 0 spiro atoms. The van der Waals surface area contributed by atoms with Gasteiger partial charge in [0.05, 0.1) is 18.3 Å². The third-order valence-electron chi connectivity index (χ3n) is 3.32. The number of thiazole rings is 1. The summed E-state index contributed by atoms with van der Waals surface area (Å²) >= 11 is 1.44. The molecule has 7 heteroatoms. The predicted octanol–water partition coefficient (Wildman–Crippen LogP) is 2.13. The average Bonchev–Trinajstić information content (AvgIpc) is 3.12. The average molecular weight is 319 g/mol. The fraction of sp³-hybridized carbons (Fsp3) is 0.333. The number of aromatic nitrogens is 2. The predicted molar refractivity (Wildman–Crippen MR) is 84.2 cm³/mol. The molecule has 0 fully saturated rings. The molecule has 0 aliphatic heterocycles. The van der Waals surface area contributed by atoms with Gasteiger partial charge in [-0.05, 0) is 19.1 Å². The summed E-state index contributed by atoms with van der Waals surface area (Å²) in [5.74, 6) is 1.67. The van der Waals surface area contributed by atoms with Gasteiger partial charge in [0.2, 0.25) is 0 Å². The fourth-order valence-corrected chi connectivity index (χ4v) is 2.99. The molecule has 116 valence electrons. The van der Waals surface area contributed by atoms with Gasteiger partial charge in [0, 0.05) is 31.3 Å². The van der Waals surface area contributed by atoms with E-state index in [9.17, 15) is 4.79 Å². The molecule has 3 aromatic rings. The lowest BCUT2D eigenvalue weighted by atomic mass is 10.2. The third-order valence-corrected chi connectivity index (χ3v) is 4.08. The van der Waals surface area contributed by atoms with Gasteiger partial charge in [-0.25, -0.2) is 4.98 Å². The molecular weight excluding hydrogens is 302 g/mol. The Balaban J connectivity index is 1.77. The Hall–Kier alpha value is -1.96. The van der Waals surface area contributed by atoms with E-state index in [0.29, 0.717) is 23.8 Å². The highest BCUT2D eigenvalue weighted by atomic mass is 32.1. The Morgan fingerprint density at radius 3 is 3.09 bits per heavy atom. The van der Waals surface area contributed by atoms with E-state index in [2.05, 4.69) is 10.3 Å². The maximum atomic E-state index is 12.0. The van der Waals surface area contributed by atoms with Gasteiger partial charge in [0.15, 0.2) is 4.96 Å². The molecule has 0 amide bonds. The topological polar surface area (TPSA) is 68.8 Å². The van der Waals surface area contributed by atoms with Crippen molar-refractivity contribution in [3.05, 3.63) is 57.3 Å². The lowest BCUT2D eigenvalue weighted by Crippen LogP contribution is -2.26. The maximum Gasteiger partial charge on any atom is 0.258 e. The minimum Gasteiger partial charge on any atom is -0.465 e. The smallest absolute Gasteiger partial charge is 0.258 e. The molecule has 3 aromatic heterocycles. The van der Waals surface area contributed by atoms with Crippen molar-refractivity contribution in [1.82, 2.24) is 14.7 Å². The number of aryl methyl sites for hydroxylation is 1. The second-order valence-corrected chi connectivity index (χ2v) is 5.85. The summed E-state index contributed by atoms with van der Waals surface area (Å²) in [6, 6.07) is 5.31. The molecule has 0 aromatic carbocycles. The number of rotatable bonds is 6. The number of furan rings is 1. The van der Waals surface area contributed by atoms with Crippen molar-refractivity contribution >= 4 is 16.3 Å². The van der Waals surface area contributed by atoms with E-state index in [4.69, 9.17) is 9.15 Å². The summed E-state index contributed by atoms with van der Waals surface area (Å²) in [4.78, 5) is 17.1. The second kappa shape index (κ2) is 6.43. The summed E-state index contributed by atoms with van der Waals surface area (Å²) in [6.45, 7) is 2.85. The molecule has 22 heavy (non-hydrogen) atoms. The van der Waals surface area contributed by atoms with E-state index in [1.165, 1.54) is 15.7 Å². The van der Waals surface area contributed by atoms with E-state index in [0.717, 1.165) is 11.5 Å². The summed E-state index contributed by atoms with van der Waals surface area (Å²) in [7, 11) is 1.65. The molecule has 3 heterocycles. The Labute approximate surface area is 131 Å². The number of nitrogens with one attached hydrogen (secondary N) is 1. The van der Waals surface area contributed by atoms with E-state index < -0.39 is 0 Å². The monoisotopic (exact) mass is 319 g/mol. The van der Waals surface area contributed by atoms with Crippen LogP contribution < -0.4 is 10.9 Å². The summed E-state index contributed by atoms with van der Waals surface area (Å²) in [5.41, 5.74) is 0.636. The zero-order chi connectivity index (χ0) is 15.5. The standard InChI is InChI=1S/C15H17N3O3S/c1-10-3-4-13(21-10)12(9-20-2)16-8-11-7-14(19)18-5-6-22-15(18)17-11/h3-7,12,16H,8-9H2,1-2H3/t12-/m1/s1. The van der Waals surface area contributed by atoms with Crippen molar-refractivity contribution in [2.45, 2.75) is 19.5 Å². The van der Waals surface area contributed by atoms with E-state index in [-0.39, 0.29) is 11.6 Å². The van der Waals surface area contributed by atoms with Gasteiger partial charge < -0.3 is 9.15 Å². The normalized spacial score (nSPS) is 12.8. The van der Waals surface area contributed by atoms with Crippen molar-refractivity contribution < 1.29 is 9.15 Å². The van der Waals surface area contributed by atoms with Crippen LogP contribution >= 0.6 is 11.3 Å². The SMILES string of the molecule is COC[C@@H](NCc1cc(=O)n2ccsc2n1)c1ccc(C)o1. The highest BCUT2D eigenvalue weighted by Crippen LogP contribution is 2.17. The number of hydrogen-bond donors (Lipinski definition) is 1. The molecule has 0 bridgehead atoms. The van der Waals surface area contributed by atoms with Crippen LogP contribution in [-0.4, -0.2) is 23.1 Å². The first kappa shape index (κ1) is 15.0. The Bertz CT molecular complexity index is 821. The highest BCUT2D eigenvalue weighted by Gasteiger charge is 2.15. The summed E-state index contributed by atoms with van der Waals surface area (Å²) < 4.78 is 12.4. The van der Waals surface area contributed by atoms with Crippen LogP contribution in [0.3, 0.4) is 0 Å². The van der Waals surface area contributed by atoms with Crippen LogP contribution in [0.4, 0.5) is 0 Å². The van der Waals surface area contributed by atoms with Crippen molar-refractivity contribution in [2.24, 2.45) is 0 Å². The largest absolute Gasteiger partial charge is 0.465 e. The first-order valence-corrected chi connectivity index (χ1v) is 7.80. The lowest BCUT2D eigenvalue weighted by Gasteiger charge is -2.15. The van der Waals surface area contributed by atoms with Gasteiger partial charge in [-0.2, -0.15) is 0 Å². The van der Waals surface area contributed by atoms with Gasteiger partial charge in [-0.15, -0.1) is 11.3 Å². The minimum absolute atomic E-state index is 0.0693. The Kier molecular flexibility index (Phi) is 4.37. The first-order valence-electron chi connectivity index (χ1n) is 6.92. The van der Waals surface area contributed by atoms with Crippen molar-refractivity contribution in [1.29, 1.82) is 0 Å². The molecule has 0 unspecified atom stereocenters. The Morgan fingerprint density at radius 2 is 2.36 bits per heavy atom. The van der Waals surface area contributed by atoms with Gasteiger partial charge in [0.25, 0.3) is 5.56 Å². The number of nitrogens with zero attached hydrogens (tertiary/aromatic N) is 2. The van der Waals surface area contributed by atoms with E-state index in [1.54, 1.807) is 19.4 Å². The van der Waals surface area contributed by atoms with E-state index >= 15 is 0 Å². The van der Waals surface area contributed by atoms with Crippen molar-refractivity contribution in [3.8, 4) is 0 Å². The number of ether oxygens (including phenoxy) is 1. The van der Waals surface area contributed by atoms with Crippen LogP contribution in [0, 0.1) is 6.92 Å². The second-order valence-electron chi connectivity index (χ2n) is 4.98. The fourth-order valence-electron chi connectivity index (χ4n) is 2.26. The lowest BCUT2D eigenvalue weighted by molar-refractivity contribution is 0.156. The molecule has 6 nitrogen and oxygen atoms in total. The van der Waals surface area contributed by atoms with Gasteiger partial charge in [-0.1, -0.05) is 0 Å². The molecule has 1 N–H and O–H groups in total. The first-order chi connectivity index (χ1) is 10.7. The molecule has 3 rings (SSSR count). The third kappa shape index (κ3) is 3.11. The number of methoxy groups -OCH3 is 1. The van der Waals surface area contributed by atoms with Crippen LogP contribution in [0.1, 0.15) is 23.3 Å². The molecular formula is C15H17N3O3S. The molecule has 1 atom stereocenters. The van der Waals surface area contributed by atoms with Gasteiger partial charge in [0.1, 0.15) is 11.5 Å². The van der Waals surface area contributed by atoms with Crippen molar-refractivity contribution in [3.63, 3.8) is 0 Å². The van der Waals surface area contributed by atoms with Gasteiger partial charge in [-0.3, -0.25) is 14.5 Å². The van der Waals surface area contributed by atoms with Crippen LogP contribution in [0.2, 0.25) is 0 Å². The number of fused-ring (bicyclic) bond motifs is 1. The maximum absolute atomic E-state index is 12.0. The van der Waals surface area contributed by atoms with Gasteiger partial charge >= 0.3 is 0 Å². The Morgan fingerprint density at radius 1 is 1.50 bits per heavy atom. The van der Waals surface area contributed by atoms with Crippen LogP contribution in [0.5, 0.6) is 0 Å². The summed E-state index contributed by atoms with van der Waals surface area (Å²) in [5, 5.41) is 5.17. The van der Waals surface area contributed by atoms with E-state index in [1.807, 2.05) is 24.4 Å². The highest BCUT2D eigenvalue weighted by molar-refractivity contribution is 7.15. The molecule has 0 aliphatic carbocycles. The van der Waals surface area contributed by atoms with Crippen molar-refractivity contribution in [2.75, 3.05) is 13.7 Å². The number of hydrogen-bond acceptors (Lipinski definition) is 6. The quantitative estimate of drug-likeness (QED) is 0.754. The zero-order valence-corrected chi connectivity index (χ0v) is 13.2. The molecule has 0 aliphatic rings. The van der Waals surface area contributed by atoms with Crippen LogP contribution in [0.15, 0.2) is 39.0 Å². The van der Waals surface area contributed by atoms with Crippen LogP contribution in [0.25, 0.3) is 4.96 Å². The molecule has 0 saturated carbocycles. The zero-order valence-electron chi connectivity index (χ0n) is 12.4. The van der Waals surface area contributed by atoms with Crippen LogP contribution in [-0.2, 0) is 11.3 Å².